The third-order valence-electron chi connectivity index (χ3n) is 3.75. The highest BCUT2D eigenvalue weighted by Gasteiger charge is 2.19. The molecule has 0 aromatic carbocycles. The van der Waals surface area contributed by atoms with Gasteiger partial charge >= 0.3 is 0 Å². The second-order valence-electron chi connectivity index (χ2n) is 5.45. The molecule has 1 saturated carbocycles. The van der Waals surface area contributed by atoms with Crippen LogP contribution in [0.5, 0.6) is 0 Å². The summed E-state index contributed by atoms with van der Waals surface area (Å²) < 4.78 is 37.6. The first-order chi connectivity index (χ1) is 9.58. The van der Waals surface area contributed by atoms with Crippen molar-refractivity contribution >= 4 is 0 Å². The maximum atomic E-state index is 13.7. The van der Waals surface area contributed by atoms with Crippen LogP contribution < -0.4 is 0 Å². The van der Waals surface area contributed by atoms with Gasteiger partial charge in [0.1, 0.15) is 6.61 Å². The quantitative estimate of drug-likeness (QED) is 0.489. The van der Waals surface area contributed by atoms with Crippen molar-refractivity contribution in [3.63, 3.8) is 0 Å². The number of ether oxygens (including phenoxy) is 2. The molecule has 0 amide bonds. The molecular weight excluding hydrogens is 262 g/mol. The van der Waals surface area contributed by atoms with Crippen LogP contribution in [0.2, 0.25) is 0 Å². The molecule has 20 heavy (non-hydrogen) atoms. The maximum Gasteiger partial charge on any atom is 0.198 e. The summed E-state index contributed by atoms with van der Waals surface area (Å²) in [5.41, 5.74) is 0. The Balaban J connectivity index is 2.43. The molecule has 4 heteroatoms. The first-order valence-corrected chi connectivity index (χ1v) is 7.49. The number of hydrogen-bond acceptors (Lipinski definition) is 2. The smallest absolute Gasteiger partial charge is 0.198 e. The molecule has 0 atom stereocenters. The van der Waals surface area contributed by atoms with Gasteiger partial charge in [-0.2, -0.15) is 4.39 Å². The Morgan fingerprint density at radius 1 is 1.20 bits per heavy atom. The number of halogens is 2. The van der Waals surface area contributed by atoms with E-state index in [2.05, 4.69) is 6.92 Å². The molecule has 2 nitrogen and oxygen atoms in total. The lowest BCUT2D eigenvalue weighted by atomic mass is 9.83. The molecule has 1 rings (SSSR count). The average molecular weight is 288 g/mol. The molecule has 0 saturated heterocycles. The summed E-state index contributed by atoms with van der Waals surface area (Å²) in [6.45, 7) is 6.33. The Bertz CT molecular complexity index is 342. The fraction of sp³-hybridized carbons (Fsp3) is 0.750. The van der Waals surface area contributed by atoms with E-state index < -0.39 is 11.7 Å². The highest BCUT2D eigenvalue weighted by molar-refractivity contribution is 5.21. The van der Waals surface area contributed by atoms with E-state index >= 15 is 0 Å². The van der Waals surface area contributed by atoms with Gasteiger partial charge in [-0.25, -0.2) is 4.39 Å². The highest BCUT2D eigenvalue weighted by Crippen LogP contribution is 2.28. The second kappa shape index (κ2) is 9.11. The van der Waals surface area contributed by atoms with Crippen molar-refractivity contribution in [1.82, 2.24) is 0 Å². The normalized spacial score (nSPS) is 25.4. The molecule has 0 aromatic rings. The molecule has 0 aliphatic heterocycles. The number of hydrogen-bond donors (Lipinski definition) is 0. The predicted octanol–water partition coefficient (Wildman–Crippen LogP) is 4.92. The van der Waals surface area contributed by atoms with Gasteiger partial charge in [-0.1, -0.05) is 19.8 Å². The monoisotopic (exact) mass is 288 g/mol. The van der Waals surface area contributed by atoms with E-state index in [-0.39, 0.29) is 12.4 Å². The van der Waals surface area contributed by atoms with Crippen LogP contribution in [0.25, 0.3) is 0 Å². The van der Waals surface area contributed by atoms with E-state index in [1.54, 1.807) is 6.92 Å². The highest BCUT2D eigenvalue weighted by atomic mass is 19.2. The van der Waals surface area contributed by atoms with E-state index in [4.69, 9.17) is 9.47 Å². The third kappa shape index (κ3) is 5.61. The summed E-state index contributed by atoms with van der Waals surface area (Å²) in [6, 6.07) is 0. The van der Waals surface area contributed by atoms with E-state index in [1.165, 1.54) is 19.8 Å². The van der Waals surface area contributed by atoms with Gasteiger partial charge in [0.2, 0.25) is 0 Å². The van der Waals surface area contributed by atoms with E-state index in [9.17, 15) is 8.78 Å². The average Bonchev–Trinajstić information content (AvgIpc) is 2.46. The molecule has 0 N–H and O–H groups in total. The molecule has 0 bridgehead atoms. The molecule has 0 spiro atoms. The van der Waals surface area contributed by atoms with Gasteiger partial charge in [-0.15, -0.1) is 0 Å². The molecule has 1 aliphatic rings. The van der Waals surface area contributed by atoms with Crippen molar-refractivity contribution < 1.29 is 18.3 Å². The molecule has 0 unspecified atom stereocenters. The van der Waals surface area contributed by atoms with Gasteiger partial charge in [0.05, 0.1) is 6.61 Å². The van der Waals surface area contributed by atoms with Gasteiger partial charge in [0.15, 0.2) is 17.4 Å². The molecule has 116 valence electrons. The Morgan fingerprint density at radius 2 is 1.85 bits per heavy atom. The Labute approximate surface area is 120 Å². The van der Waals surface area contributed by atoms with Gasteiger partial charge in [-0.3, -0.25) is 0 Å². The van der Waals surface area contributed by atoms with E-state index in [1.807, 2.05) is 0 Å². The largest absolute Gasteiger partial charge is 0.493 e. The van der Waals surface area contributed by atoms with Crippen molar-refractivity contribution in [1.29, 1.82) is 0 Å². The van der Waals surface area contributed by atoms with Gasteiger partial charge in [-0.05, 0) is 44.6 Å². The molecular formula is C16H26F2O2. The minimum atomic E-state index is -0.952. The second-order valence-corrected chi connectivity index (χ2v) is 5.45. The van der Waals surface area contributed by atoms with Crippen LogP contribution in [-0.4, -0.2) is 19.8 Å². The van der Waals surface area contributed by atoms with Crippen LogP contribution >= 0.6 is 0 Å². The fourth-order valence-electron chi connectivity index (χ4n) is 2.42. The standard InChI is InChI=1S/C16H26F2O2/c1-4-14(17)16(18)15(20-5-2)11-19-10-13-8-6-12(3)7-9-13/h4,12-13H,5-11H2,1-3H3/b14-4+,16-15-. The fourth-order valence-corrected chi connectivity index (χ4v) is 2.42. The first kappa shape index (κ1) is 17.2. The lowest BCUT2D eigenvalue weighted by molar-refractivity contribution is 0.0605. The Kier molecular flexibility index (Phi) is 7.82. The molecule has 0 aromatic heterocycles. The Morgan fingerprint density at radius 3 is 2.40 bits per heavy atom. The summed E-state index contributed by atoms with van der Waals surface area (Å²) in [6.07, 6.45) is 5.84. The summed E-state index contributed by atoms with van der Waals surface area (Å²) in [4.78, 5) is 0. The number of rotatable bonds is 7. The summed E-state index contributed by atoms with van der Waals surface area (Å²) in [5, 5.41) is 0. The van der Waals surface area contributed by atoms with Gasteiger partial charge in [0.25, 0.3) is 0 Å². The third-order valence-corrected chi connectivity index (χ3v) is 3.75. The maximum absolute atomic E-state index is 13.7. The van der Waals surface area contributed by atoms with Crippen molar-refractivity contribution in [3.05, 3.63) is 23.5 Å². The zero-order valence-corrected chi connectivity index (χ0v) is 12.8. The zero-order chi connectivity index (χ0) is 15.0. The molecule has 0 heterocycles. The van der Waals surface area contributed by atoms with Gasteiger partial charge < -0.3 is 9.47 Å². The Hall–Kier alpha value is -0.900. The minimum absolute atomic E-state index is 0.00696. The van der Waals surface area contributed by atoms with Crippen molar-refractivity contribution in [2.75, 3.05) is 19.8 Å². The zero-order valence-electron chi connectivity index (χ0n) is 12.8. The van der Waals surface area contributed by atoms with Gasteiger partial charge in [0, 0.05) is 6.61 Å². The van der Waals surface area contributed by atoms with Crippen LogP contribution in [-0.2, 0) is 9.47 Å². The summed E-state index contributed by atoms with van der Waals surface area (Å²) in [7, 11) is 0. The lowest BCUT2D eigenvalue weighted by Crippen LogP contribution is -2.18. The van der Waals surface area contributed by atoms with Crippen LogP contribution in [0.4, 0.5) is 8.78 Å². The van der Waals surface area contributed by atoms with Crippen LogP contribution in [0, 0.1) is 11.8 Å². The predicted molar refractivity (Wildman–Crippen MR) is 76.6 cm³/mol. The molecule has 0 radical (unpaired) electrons. The van der Waals surface area contributed by atoms with Crippen molar-refractivity contribution in [3.8, 4) is 0 Å². The molecule has 1 fully saturated rings. The van der Waals surface area contributed by atoms with Crippen LogP contribution in [0.1, 0.15) is 46.5 Å². The van der Waals surface area contributed by atoms with Crippen molar-refractivity contribution in [2.45, 2.75) is 46.5 Å². The summed E-state index contributed by atoms with van der Waals surface area (Å²) in [5.74, 6) is -0.572. The van der Waals surface area contributed by atoms with E-state index in [0.29, 0.717) is 19.1 Å². The topological polar surface area (TPSA) is 18.5 Å². The van der Waals surface area contributed by atoms with Crippen molar-refractivity contribution in [2.24, 2.45) is 11.8 Å². The summed E-state index contributed by atoms with van der Waals surface area (Å²) >= 11 is 0. The van der Waals surface area contributed by atoms with Crippen LogP contribution in [0.15, 0.2) is 23.5 Å². The number of allylic oxidation sites excluding steroid dienone is 3. The van der Waals surface area contributed by atoms with Crippen LogP contribution in [0.3, 0.4) is 0 Å². The molecule has 1 aliphatic carbocycles. The SMILES string of the molecule is C/C=C(F)\C(F)=C(/COCC1CCC(C)CC1)OCC. The lowest BCUT2D eigenvalue weighted by Gasteiger charge is -2.26. The first-order valence-electron chi connectivity index (χ1n) is 7.49. The van der Waals surface area contributed by atoms with E-state index in [0.717, 1.165) is 24.8 Å². The minimum Gasteiger partial charge on any atom is -0.493 e.